The minimum atomic E-state index is -5.02. The number of nitrogens with zero attached hydrogens (tertiary/aromatic N) is 2. The molecule has 1 atom stereocenters. The highest BCUT2D eigenvalue weighted by atomic mass is 19.4. The van der Waals surface area contributed by atoms with Gasteiger partial charge in [-0.2, -0.15) is 17.6 Å². The van der Waals surface area contributed by atoms with E-state index in [1.807, 2.05) is 0 Å². The van der Waals surface area contributed by atoms with Gasteiger partial charge in [0.2, 0.25) is 0 Å². The number of rotatable bonds is 5. The lowest BCUT2D eigenvalue weighted by molar-refractivity contribution is -0.451. The van der Waals surface area contributed by atoms with Gasteiger partial charge in [-0.15, -0.1) is 0 Å². The maximum absolute atomic E-state index is 13.9. The lowest BCUT2D eigenvalue weighted by Gasteiger charge is -2.28. The Labute approximate surface area is 206 Å². The van der Waals surface area contributed by atoms with Gasteiger partial charge in [0, 0.05) is 16.8 Å². The highest BCUT2D eigenvalue weighted by Gasteiger charge is 2.53. The number of aliphatic hydroxyl groups is 4. The zero-order valence-electron chi connectivity index (χ0n) is 18.8. The fourth-order valence-electron chi connectivity index (χ4n) is 4.19. The summed E-state index contributed by atoms with van der Waals surface area (Å²) in [5.41, 5.74) is -6.85. The standard InChI is InChI=1S/C21H16F6N4O7/c1-7-13-11(29-16(32)8-2-9(19(24,25)26)4-10(23)3-8)5-12-15(14(13)17(33)28-7)30(6-22)18(34)31(12)21(37,38)20(27,35)36/h2-5,7,35-38H,6H2,1H3,(H,28,33)(H,29,32). The molecular formula is C21H16F6N4O7. The van der Waals surface area contributed by atoms with E-state index in [-0.39, 0.29) is 16.2 Å². The topological polar surface area (TPSA) is 166 Å². The van der Waals surface area contributed by atoms with Gasteiger partial charge in [-0.05, 0) is 31.2 Å². The summed E-state index contributed by atoms with van der Waals surface area (Å²) in [5.74, 6) is -8.23. The number of alkyl halides is 5. The molecule has 17 heteroatoms. The van der Waals surface area contributed by atoms with Crippen LogP contribution >= 0.6 is 0 Å². The summed E-state index contributed by atoms with van der Waals surface area (Å²) in [6.45, 7) is -0.363. The van der Waals surface area contributed by atoms with E-state index in [0.717, 1.165) is 0 Å². The quantitative estimate of drug-likeness (QED) is 0.205. The highest BCUT2D eigenvalue weighted by Crippen LogP contribution is 2.40. The fraction of sp³-hybridized carbons (Fsp3) is 0.286. The van der Waals surface area contributed by atoms with Crippen LogP contribution in [-0.2, 0) is 18.9 Å². The predicted octanol–water partition coefficient (Wildman–Crippen LogP) is 1.15. The van der Waals surface area contributed by atoms with E-state index >= 15 is 0 Å². The van der Waals surface area contributed by atoms with Crippen LogP contribution in [0.5, 0.6) is 0 Å². The number of halogens is 6. The van der Waals surface area contributed by atoms with Crippen LogP contribution in [0.2, 0.25) is 0 Å². The second kappa shape index (κ2) is 8.55. The van der Waals surface area contributed by atoms with E-state index in [1.54, 1.807) is 0 Å². The number of imidazole rings is 1. The Balaban J connectivity index is 2.00. The first-order valence-electron chi connectivity index (χ1n) is 10.4. The summed E-state index contributed by atoms with van der Waals surface area (Å²) in [5, 5.41) is 42.9. The van der Waals surface area contributed by atoms with Gasteiger partial charge < -0.3 is 31.1 Å². The molecular weight excluding hydrogens is 534 g/mol. The normalized spacial score (nSPS) is 16.1. The molecule has 2 aromatic carbocycles. The van der Waals surface area contributed by atoms with E-state index in [9.17, 15) is 61.2 Å². The molecule has 0 bridgehead atoms. The molecule has 2 heterocycles. The number of anilines is 1. The van der Waals surface area contributed by atoms with Crippen molar-refractivity contribution in [1.29, 1.82) is 0 Å². The van der Waals surface area contributed by atoms with Gasteiger partial charge in [0.25, 0.3) is 11.8 Å². The smallest absolute Gasteiger partial charge is 0.345 e. The number of aromatic nitrogens is 2. The van der Waals surface area contributed by atoms with Crippen molar-refractivity contribution in [2.45, 2.75) is 37.9 Å². The number of carbonyl (C=O) groups excluding carboxylic acids is 2. The van der Waals surface area contributed by atoms with Crippen molar-refractivity contribution in [3.05, 3.63) is 62.8 Å². The second-order valence-corrected chi connectivity index (χ2v) is 8.34. The molecule has 38 heavy (non-hydrogen) atoms. The molecule has 0 aliphatic carbocycles. The lowest BCUT2D eigenvalue weighted by Crippen LogP contribution is -2.56. The van der Waals surface area contributed by atoms with Crippen molar-refractivity contribution < 1.29 is 56.4 Å². The molecule has 0 saturated heterocycles. The maximum atomic E-state index is 13.9. The Morgan fingerprint density at radius 2 is 1.71 bits per heavy atom. The lowest BCUT2D eigenvalue weighted by atomic mass is 10.0. The highest BCUT2D eigenvalue weighted by molar-refractivity contribution is 6.13. The minimum absolute atomic E-state index is 0.131. The zero-order valence-corrected chi connectivity index (χ0v) is 18.8. The second-order valence-electron chi connectivity index (χ2n) is 8.34. The number of carbonyl (C=O) groups is 2. The van der Waals surface area contributed by atoms with Crippen molar-refractivity contribution in [2.75, 3.05) is 5.32 Å². The summed E-state index contributed by atoms with van der Waals surface area (Å²) >= 11 is 0. The molecule has 0 saturated carbocycles. The molecule has 4 rings (SSSR count). The van der Waals surface area contributed by atoms with Gasteiger partial charge in [-0.3, -0.25) is 14.2 Å². The first kappa shape index (κ1) is 27.1. The van der Waals surface area contributed by atoms with Gasteiger partial charge in [0.05, 0.1) is 28.2 Å². The number of fused-ring (bicyclic) bond motifs is 3. The van der Waals surface area contributed by atoms with E-state index in [1.165, 1.54) is 6.92 Å². The Hall–Kier alpha value is -3.93. The summed E-state index contributed by atoms with van der Waals surface area (Å²) in [6, 6.07) is -4.29. The molecule has 0 radical (unpaired) electrons. The molecule has 204 valence electrons. The Morgan fingerprint density at radius 3 is 2.26 bits per heavy atom. The molecule has 0 fully saturated rings. The third kappa shape index (κ3) is 4.08. The molecule has 1 aliphatic heterocycles. The third-order valence-corrected chi connectivity index (χ3v) is 5.85. The first-order chi connectivity index (χ1) is 17.4. The average molecular weight is 550 g/mol. The van der Waals surface area contributed by atoms with E-state index < -0.39 is 92.3 Å². The van der Waals surface area contributed by atoms with Crippen LogP contribution < -0.4 is 16.3 Å². The Morgan fingerprint density at radius 1 is 1.08 bits per heavy atom. The van der Waals surface area contributed by atoms with Crippen LogP contribution in [0.3, 0.4) is 0 Å². The number of benzene rings is 2. The number of hydrogen-bond acceptors (Lipinski definition) is 7. The third-order valence-electron chi connectivity index (χ3n) is 5.85. The van der Waals surface area contributed by atoms with Gasteiger partial charge in [0.1, 0.15) is 5.82 Å². The van der Waals surface area contributed by atoms with Crippen molar-refractivity contribution in [3.63, 3.8) is 0 Å². The first-order valence-corrected chi connectivity index (χ1v) is 10.4. The van der Waals surface area contributed by atoms with Crippen LogP contribution in [-0.4, -0.2) is 47.4 Å². The van der Waals surface area contributed by atoms with Crippen molar-refractivity contribution in [2.24, 2.45) is 0 Å². The largest absolute Gasteiger partial charge is 0.416 e. The molecule has 1 unspecified atom stereocenters. The van der Waals surface area contributed by atoms with Crippen molar-refractivity contribution in [3.8, 4) is 0 Å². The Bertz CT molecular complexity index is 1550. The van der Waals surface area contributed by atoms with Gasteiger partial charge in [-0.25, -0.2) is 18.1 Å². The monoisotopic (exact) mass is 550 g/mol. The van der Waals surface area contributed by atoms with Crippen molar-refractivity contribution >= 4 is 28.5 Å². The van der Waals surface area contributed by atoms with Crippen LogP contribution in [0.1, 0.15) is 44.8 Å². The van der Waals surface area contributed by atoms with Crippen LogP contribution in [0.4, 0.5) is 32.0 Å². The average Bonchev–Trinajstić information content (AvgIpc) is 3.23. The maximum Gasteiger partial charge on any atom is 0.416 e. The van der Waals surface area contributed by atoms with Crippen LogP contribution in [0.25, 0.3) is 11.0 Å². The van der Waals surface area contributed by atoms with Crippen LogP contribution in [0, 0.1) is 5.82 Å². The summed E-state index contributed by atoms with van der Waals surface area (Å²) in [6.07, 6.45) is -5.02. The minimum Gasteiger partial charge on any atom is -0.345 e. The number of hydrogen-bond donors (Lipinski definition) is 6. The van der Waals surface area contributed by atoms with E-state index in [4.69, 9.17) is 0 Å². The van der Waals surface area contributed by atoms with Crippen LogP contribution in [0.15, 0.2) is 29.1 Å². The van der Waals surface area contributed by atoms with E-state index in [2.05, 4.69) is 10.6 Å². The number of nitrogens with one attached hydrogen (secondary N) is 2. The molecule has 2 amide bonds. The van der Waals surface area contributed by atoms with Gasteiger partial charge in [-0.1, -0.05) is 0 Å². The van der Waals surface area contributed by atoms with Gasteiger partial charge in [0.15, 0.2) is 6.80 Å². The molecule has 6 N–H and O–H groups in total. The number of amides is 2. The Kier molecular flexibility index (Phi) is 6.10. The summed E-state index contributed by atoms with van der Waals surface area (Å²) in [7, 11) is 0. The zero-order chi connectivity index (χ0) is 28.5. The van der Waals surface area contributed by atoms with E-state index in [0.29, 0.717) is 18.2 Å². The van der Waals surface area contributed by atoms with Gasteiger partial charge >= 0.3 is 23.8 Å². The molecule has 1 aromatic heterocycles. The van der Waals surface area contributed by atoms with Crippen molar-refractivity contribution in [1.82, 2.24) is 14.5 Å². The SMILES string of the molecule is CC1NC(=O)c2c1c(NC(=O)c1cc(F)cc(C(F)(F)F)c1)cc1c2n(CF)c(=O)n1C(O)(O)C(O)(O)F. The molecule has 1 aliphatic rings. The molecule has 0 spiro atoms. The summed E-state index contributed by atoms with van der Waals surface area (Å²) in [4.78, 5) is 38.2. The summed E-state index contributed by atoms with van der Waals surface area (Å²) < 4.78 is 80.5. The molecule has 3 aromatic rings. The molecule has 11 nitrogen and oxygen atoms in total. The fourth-order valence-corrected chi connectivity index (χ4v) is 4.19. The predicted molar refractivity (Wildman–Crippen MR) is 113 cm³/mol.